The molecule has 2 aliphatic heterocycles. The van der Waals surface area contributed by atoms with Gasteiger partial charge in [0.05, 0.1) is 12.8 Å². The molecule has 3 heterocycles. The standard InChI is InChI=1S/C31H32F2N4O2/c1-39-26-6-4-5-25(20-26)36-18-17-35(31(36)38)15-3-2-14-34-16-13-30-28(21-34)27-19-23(33)9-12-29(27)37(30)24-10-7-22(32)8-11-24/h4-12,17-20,28,30H,2-3,13-16,21H2,1H3/t28-,30+/m0/s1. The van der Waals surface area contributed by atoms with Crippen molar-refractivity contribution in [1.82, 2.24) is 14.0 Å². The fourth-order valence-electron chi connectivity index (χ4n) is 6.14. The van der Waals surface area contributed by atoms with Crippen LogP contribution in [0.25, 0.3) is 5.69 Å². The molecule has 0 amide bonds. The Morgan fingerprint density at radius 1 is 0.897 bits per heavy atom. The van der Waals surface area contributed by atoms with E-state index in [9.17, 15) is 13.6 Å². The van der Waals surface area contributed by atoms with Crippen LogP contribution in [0, 0.1) is 11.6 Å². The van der Waals surface area contributed by atoms with Crippen molar-refractivity contribution in [1.29, 1.82) is 0 Å². The summed E-state index contributed by atoms with van der Waals surface area (Å²) in [5.74, 6) is 0.415. The third-order valence-electron chi connectivity index (χ3n) is 8.05. The molecule has 8 heteroatoms. The van der Waals surface area contributed by atoms with E-state index >= 15 is 0 Å². The number of ether oxygens (including phenoxy) is 1. The highest BCUT2D eigenvalue weighted by Gasteiger charge is 2.42. The van der Waals surface area contributed by atoms with Crippen LogP contribution in [0.5, 0.6) is 5.75 Å². The first-order valence-electron chi connectivity index (χ1n) is 13.5. The number of aryl methyl sites for hydroxylation is 1. The Labute approximate surface area is 226 Å². The molecule has 1 fully saturated rings. The second-order valence-electron chi connectivity index (χ2n) is 10.4. The number of likely N-dealkylation sites (tertiary alicyclic amines) is 1. The van der Waals surface area contributed by atoms with E-state index in [2.05, 4.69) is 9.80 Å². The van der Waals surface area contributed by atoms with Crippen LogP contribution in [0.1, 0.15) is 30.7 Å². The van der Waals surface area contributed by atoms with Crippen LogP contribution in [0.3, 0.4) is 0 Å². The van der Waals surface area contributed by atoms with E-state index < -0.39 is 0 Å². The third kappa shape index (κ3) is 4.96. The van der Waals surface area contributed by atoms with Crippen molar-refractivity contribution >= 4 is 11.4 Å². The molecule has 6 rings (SSSR count). The van der Waals surface area contributed by atoms with Gasteiger partial charge in [-0.25, -0.2) is 13.6 Å². The smallest absolute Gasteiger partial charge is 0.332 e. The van der Waals surface area contributed by atoms with Crippen LogP contribution in [0.4, 0.5) is 20.2 Å². The highest BCUT2D eigenvalue weighted by atomic mass is 19.1. The lowest BCUT2D eigenvalue weighted by Gasteiger charge is -2.39. The molecule has 202 valence electrons. The monoisotopic (exact) mass is 530 g/mol. The first-order chi connectivity index (χ1) is 19.0. The highest BCUT2D eigenvalue weighted by Crippen LogP contribution is 2.48. The number of benzene rings is 3. The normalized spacial score (nSPS) is 18.7. The molecular formula is C31H32F2N4O2. The summed E-state index contributed by atoms with van der Waals surface area (Å²) in [4.78, 5) is 17.6. The Bertz CT molecular complexity index is 1510. The van der Waals surface area contributed by atoms with Gasteiger partial charge in [-0.15, -0.1) is 0 Å². The lowest BCUT2D eigenvalue weighted by atomic mass is 9.89. The average molecular weight is 531 g/mol. The molecule has 0 N–H and O–H groups in total. The zero-order valence-electron chi connectivity index (χ0n) is 22.0. The van der Waals surface area contributed by atoms with E-state index in [0.717, 1.165) is 61.5 Å². The van der Waals surface area contributed by atoms with Gasteiger partial charge in [0, 0.05) is 61.4 Å². The van der Waals surface area contributed by atoms with Crippen LogP contribution >= 0.6 is 0 Å². The molecule has 2 aliphatic rings. The Morgan fingerprint density at radius 2 is 1.69 bits per heavy atom. The molecule has 1 saturated heterocycles. The maximum Gasteiger partial charge on any atom is 0.332 e. The second kappa shape index (κ2) is 10.7. The molecule has 1 aromatic heterocycles. The molecule has 0 unspecified atom stereocenters. The van der Waals surface area contributed by atoms with Crippen molar-refractivity contribution in [2.24, 2.45) is 0 Å². The molecule has 0 radical (unpaired) electrons. The minimum absolute atomic E-state index is 0.0606. The summed E-state index contributed by atoms with van der Waals surface area (Å²) in [7, 11) is 1.61. The number of fused-ring (bicyclic) bond motifs is 3. The predicted molar refractivity (Wildman–Crippen MR) is 148 cm³/mol. The summed E-state index contributed by atoms with van der Waals surface area (Å²) in [6.07, 6.45) is 6.43. The van der Waals surface area contributed by atoms with Gasteiger partial charge in [0.1, 0.15) is 17.4 Å². The van der Waals surface area contributed by atoms with Crippen LogP contribution in [0.15, 0.2) is 83.9 Å². The summed E-state index contributed by atoms with van der Waals surface area (Å²) < 4.78 is 36.5. The Hall–Kier alpha value is -3.91. The number of aromatic nitrogens is 2. The van der Waals surface area contributed by atoms with Crippen molar-refractivity contribution < 1.29 is 13.5 Å². The third-order valence-corrected chi connectivity index (χ3v) is 8.05. The Kier molecular flexibility index (Phi) is 6.95. The average Bonchev–Trinajstić information content (AvgIpc) is 3.48. The van der Waals surface area contributed by atoms with Gasteiger partial charge < -0.3 is 14.5 Å². The molecule has 39 heavy (non-hydrogen) atoms. The number of imidazole rings is 1. The number of hydrogen-bond donors (Lipinski definition) is 0. The van der Waals surface area contributed by atoms with Gasteiger partial charge in [-0.1, -0.05) is 6.07 Å². The number of anilines is 2. The lowest BCUT2D eigenvalue weighted by Crippen LogP contribution is -2.45. The maximum atomic E-state index is 14.3. The largest absolute Gasteiger partial charge is 0.497 e. The number of unbranched alkanes of at least 4 members (excludes halogenated alkanes) is 1. The topological polar surface area (TPSA) is 42.6 Å². The van der Waals surface area contributed by atoms with Gasteiger partial charge in [-0.3, -0.25) is 9.13 Å². The molecule has 0 bridgehead atoms. The first-order valence-corrected chi connectivity index (χ1v) is 13.5. The maximum absolute atomic E-state index is 14.3. The molecule has 0 spiro atoms. The summed E-state index contributed by atoms with van der Waals surface area (Å²) in [5.41, 5.74) is 3.70. The van der Waals surface area contributed by atoms with E-state index in [4.69, 9.17) is 4.74 Å². The molecule has 6 nitrogen and oxygen atoms in total. The first kappa shape index (κ1) is 25.4. The number of rotatable bonds is 8. The van der Waals surface area contributed by atoms with Gasteiger partial charge in [-0.05, 0) is 86.0 Å². The number of nitrogens with zero attached hydrogens (tertiary/aromatic N) is 4. The van der Waals surface area contributed by atoms with Gasteiger partial charge in [0.15, 0.2) is 0 Å². The van der Waals surface area contributed by atoms with Crippen LogP contribution < -0.4 is 15.3 Å². The van der Waals surface area contributed by atoms with Crippen molar-refractivity contribution in [3.8, 4) is 11.4 Å². The molecular weight excluding hydrogens is 498 g/mol. The molecule has 3 aromatic carbocycles. The second-order valence-corrected chi connectivity index (χ2v) is 10.4. The van der Waals surface area contributed by atoms with E-state index in [-0.39, 0.29) is 29.3 Å². The number of hydrogen-bond acceptors (Lipinski definition) is 4. The van der Waals surface area contributed by atoms with Gasteiger partial charge in [-0.2, -0.15) is 0 Å². The van der Waals surface area contributed by atoms with Crippen LogP contribution in [-0.4, -0.2) is 46.8 Å². The summed E-state index contributed by atoms with van der Waals surface area (Å²) in [5, 5.41) is 0. The summed E-state index contributed by atoms with van der Waals surface area (Å²) in [6, 6.07) is 19.3. The molecule has 0 saturated carbocycles. The Balaban J connectivity index is 1.09. The number of halogens is 2. The van der Waals surface area contributed by atoms with E-state index in [0.29, 0.717) is 12.3 Å². The van der Waals surface area contributed by atoms with E-state index in [1.54, 1.807) is 40.6 Å². The Morgan fingerprint density at radius 3 is 2.51 bits per heavy atom. The van der Waals surface area contributed by atoms with Crippen LogP contribution in [-0.2, 0) is 6.54 Å². The SMILES string of the molecule is COc1cccc(-n2ccn(CCCCN3CC[C@@H]4[C@@H](C3)c3cc(F)ccc3N4c3ccc(F)cc3)c2=O)c1. The van der Waals surface area contributed by atoms with Gasteiger partial charge in [0.25, 0.3) is 0 Å². The van der Waals surface area contributed by atoms with Gasteiger partial charge >= 0.3 is 5.69 Å². The van der Waals surface area contributed by atoms with Crippen molar-refractivity contribution in [2.75, 3.05) is 31.6 Å². The highest BCUT2D eigenvalue weighted by molar-refractivity contribution is 5.73. The minimum Gasteiger partial charge on any atom is -0.497 e. The summed E-state index contributed by atoms with van der Waals surface area (Å²) >= 11 is 0. The molecule has 0 aliphatic carbocycles. The zero-order chi connectivity index (χ0) is 26.9. The number of piperidine rings is 1. The molecule has 4 aromatic rings. The lowest BCUT2D eigenvalue weighted by molar-refractivity contribution is 0.192. The minimum atomic E-state index is -0.261. The molecule has 2 atom stereocenters. The van der Waals surface area contributed by atoms with Crippen molar-refractivity contribution in [3.05, 3.63) is 107 Å². The van der Waals surface area contributed by atoms with Crippen LogP contribution in [0.2, 0.25) is 0 Å². The summed E-state index contributed by atoms with van der Waals surface area (Å²) in [6.45, 7) is 3.38. The fraction of sp³-hybridized carbons (Fsp3) is 0.323. The predicted octanol–water partition coefficient (Wildman–Crippen LogP) is 5.72. The van der Waals surface area contributed by atoms with Gasteiger partial charge in [0.2, 0.25) is 0 Å². The van der Waals surface area contributed by atoms with E-state index in [1.165, 1.54) is 18.2 Å². The van der Waals surface area contributed by atoms with Crippen molar-refractivity contribution in [2.45, 2.75) is 37.8 Å². The fourth-order valence-corrected chi connectivity index (χ4v) is 6.14. The quantitative estimate of drug-likeness (QED) is 0.274. The number of methoxy groups -OCH3 is 1. The van der Waals surface area contributed by atoms with E-state index in [1.807, 2.05) is 36.5 Å². The van der Waals surface area contributed by atoms with Crippen molar-refractivity contribution in [3.63, 3.8) is 0 Å². The zero-order valence-corrected chi connectivity index (χ0v) is 22.0.